The van der Waals surface area contributed by atoms with E-state index in [0.717, 1.165) is 0 Å². The van der Waals surface area contributed by atoms with Gasteiger partial charge in [0.25, 0.3) is 5.91 Å². The monoisotopic (exact) mass is 245 g/mol. The molecule has 0 radical (unpaired) electrons. The molecule has 5 heteroatoms. The normalized spacial score (nSPS) is 12.1. The minimum absolute atomic E-state index is 0.000466. The summed E-state index contributed by atoms with van der Waals surface area (Å²) in [5.74, 6) is 0.000583. The Morgan fingerprint density at radius 2 is 2.17 bits per heavy atom. The van der Waals surface area contributed by atoms with Gasteiger partial charge in [-0.15, -0.1) is 0 Å². The largest absolute Gasteiger partial charge is 0.508 e. The molecule has 1 amide bonds. The number of hydrogen-bond acceptors (Lipinski definition) is 3. The maximum absolute atomic E-state index is 11.9. The first kappa shape index (κ1) is 12.2. The molecule has 0 aliphatic heterocycles. The Hall–Kier alpha value is -2.30. The molecule has 1 aromatic carbocycles. The first-order chi connectivity index (χ1) is 8.65. The third-order valence-electron chi connectivity index (χ3n) is 2.55. The first-order valence-corrected chi connectivity index (χ1v) is 5.71. The Morgan fingerprint density at radius 3 is 2.78 bits per heavy atom. The lowest BCUT2D eigenvalue weighted by molar-refractivity contribution is 0.0936. The van der Waals surface area contributed by atoms with Crippen molar-refractivity contribution in [2.24, 2.45) is 0 Å². The second kappa shape index (κ2) is 5.35. The number of imidazole rings is 1. The zero-order chi connectivity index (χ0) is 13.0. The van der Waals surface area contributed by atoms with Gasteiger partial charge in [-0.3, -0.25) is 4.79 Å². The maximum Gasteiger partial charge on any atom is 0.251 e. The number of carbonyl (C=O) groups excluding carboxylic acids is 1. The minimum Gasteiger partial charge on any atom is -0.508 e. The van der Waals surface area contributed by atoms with Gasteiger partial charge in [0.15, 0.2) is 0 Å². The second-order valence-corrected chi connectivity index (χ2v) is 4.18. The van der Waals surface area contributed by atoms with Gasteiger partial charge in [-0.25, -0.2) is 4.98 Å². The van der Waals surface area contributed by atoms with Crippen LogP contribution in [0.1, 0.15) is 17.3 Å². The molecular weight excluding hydrogens is 230 g/mol. The van der Waals surface area contributed by atoms with Crippen molar-refractivity contribution in [3.8, 4) is 5.75 Å². The Bertz CT molecular complexity index is 506. The van der Waals surface area contributed by atoms with Crippen LogP contribution in [0.25, 0.3) is 0 Å². The molecule has 0 aliphatic carbocycles. The van der Waals surface area contributed by atoms with Crippen molar-refractivity contribution in [1.29, 1.82) is 0 Å². The van der Waals surface area contributed by atoms with E-state index >= 15 is 0 Å². The number of phenolic OH excluding ortho intramolecular Hbond substituents is 1. The number of nitrogens with one attached hydrogen (secondary N) is 1. The molecule has 94 valence electrons. The van der Waals surface area contributed by atoms with Crippen molar-refractivity contribution in [3.63, 3.8) is 0 Å². The number of amides is 1. The number of nitrogens with zero attached hydrogens (tertiary/aromatic N) is 2. The molecular formula is C13H15N3O2. The number of aromatic nitrogens is 2. The lowest BCUT2D eigenvalue weighted by Gasteiger charge is -2.14. The molecule has 0 saturated carbocycles. The van der Waals surface area contributed by atoms with Crippen molar-refractivity contribution in [2.45, 2.75) is 19.5 Å². The number of carbonyl (C=O) groups is 1. The highest BCUT2D eigenvalue weighted by atomic mass is 16.3. The lowest BCUT2D eigenvalue weighted by Crippen LogP contribution is -2.35. The third kappa shape index (κ3) is 3.10. The van der Waals surface area contributed by atoms with Crippen LogP contribution >= 0.6 is 0 Å². The summed E-state index contributed by atoms with van der Waals surface area (Å²) < 4.78 is 1.90. The number of phenols is 1. The number of hydrogen-bond donors (Lipinski definition) is 2. The average Bonchev–Trinajstić information content (AvgIpc) is 2.82. The van der Waals surface area contributed by atoms with E-state index in [-0.39, 0.29) is 17.7 Å². The predicted octanol–water partition coefficient (Wildman–Crippen LogP) is 1.41. The molecule has 5 nitrogen and oxygen atoms in total. The minimum atomic E-state index is -0.150. The molecule has 1 aromatic heterocycles. The van der Waals surface area contributed by atoms with Crippen molar-refractivity contribution in [1.82, 2.24) is 14.9 Å². The third-order valence-corrected chi connectivity index (χ3v) is 2.55. The topological polar surface area (TPSA) is 67.2 Å². The highest BCUT2D eigenvalue weighted by molar-refractivity contribution is 5.94. The van der Waals surface area contributed by atoms with E-state index in [1.807, 2.05) is 17.7 Å². The Morgan fingerprint density at radius 1 is 1.44 bits per heavy atom. The SMILES string of the molecule is CC(Cn1ccnc1)NC(=O)c1ccc(O)cc1. The van der Waals surface area contributed by atoms with Crippen LogP contribution in [0.2, 0.25) is 0 Å². The summed E-state index contributed by atoms with van der Waals surface area (Å²) in [5.41, 5.74) is 0.533. The van der Waals surface area contributed by atoms with Gasteiger partial charge in [-0.2, -0.15) is 0 Å². The van der Waals surface area contributed by atoms with E-state index in [1.54, 1.807) is 24.7 Å². The molecule has 1 atom stereocenters. The fourth-order valence-electron chi connectivity index (χ4n) is 1.68. The zero-order valence-corrected chi connectivity index (χ0v) is 10.1. The van der Waals surface area contributed by atoms with Gasteiger partial charge in [0, 0.05) is 30.5 Å². The van der Waals surface area contributed by atoms with Crippen LogP contribution in [-0.2, 0) is 6.54 Å². The molecule has 0 saturated heterocycles. The number of benzene rings is 1. The van der Waals surface area contributed by atoms with Crippen LogP contribution in [0.4, 0.5) is 0 Å². The van der Waals surface area contributed by atoms with Crippen LogP contribution in [0.5, 0.6) is 5.75 Å². The van der Waals surface area contributed by atoms with Gasteiger partial charge in [-0.1, -0.05) is 0 Å². The first-order valence-electron chi connectivity index (χ1n) is 5.71. The summed E-state index contributed by atoms with van der Waals surface area (Å²) in [6.07, 6.45) is 5.26. The molecule has 18 heavy (non-hydrogen) atoms. The molecule has 2 aromatic rings. The van der Waals surface area contributed by atoms with Crippen LogP contribution in [-0.4, -0.2) is 26.6 Å². The van der Waals surface area contributed by atoms with Crippen LogP contribution < -0.4 is 5.32 Å². The Kier molecular flexibility index (Phi) is 3.62. The number of rotatable bonds is 4. The molecule has 2 N–H and O–H groups in total. The van der Waals surface area contributed by atoms with Gasteiger partial charge in [0.1, 0.15) is 5.75 Å². The van der Waals surface area contributed by atoms with Gasteiger partial charge in [0.05, 0.1) is 6.33 Å². The standard InChI is InChI=1S/C13H15N3O2/c1-10(8-16-7-6-14-9-16)15-13(18)11-2-4-12(17)5-3-11/h2-7,9-10,17H,8H2,1H3,(H,15,18). The van der Waals surface area contributed by atoms with E-state index < -0.39 is 0 Å². The van der Waals surface area contributed by atoms with E-state index in [2.05, 4.69) is 10.3 Å². The summed E-state index contributed by atoms with van der Waals surface area (Å²) >= 11 is 0. The van der Waals surface area contributed by atoms with Crippen molar-refractivity contribution in [2.75, 3.05) is 0 Å². The average molecular weight is 245 g/mol. The maximum atomic E-state index is 11.9. The van der Waals surface area contributed by atoms with E-state index in [4.69, 9.17) is 5.11 Å². The van der Waals surface area contributed by atoms with Gasteiger partial charge in [0.2, 0.25) is 0 Å². The molecule has 1 heterocycles. The van der Waals surface area contributed by atoms with Crippen LogP contribution in [0.3, 0.4) is 0 Å². The quantitative estimate of drug-likeness (QED) is 0.855. The smallest absolute Gasteiger partial charge is 0.251 e. The number of aromatic hydroxyl groups is 1. The summed E-state index contributed by atoms with van der Waals surface area (Å²) in [4.78, 5) is 15.8. The van der Waals surface area contributed by atoms with Crippen LogP contribution in [0, 0.1) is 0 Å². The van der Waals surface area contributed by atoms with E-state index in [9.17, 15) is 4.79 Å². The van der Waals surface area contributed by atoms with Gasteiger partial charge < -0.3 is 15.0 Å². The lowest BCUT2D eigenvalue weighted by atomic mass is 10.2. The Labute approximate surface area is 105 Å². The summed E-state index contributed by atoms with van der Waals surface area (Å²) in [7, 11) is 0. The van der Waals surface area contributed by atoms with Crippen molar-refractivity contribution < 1.29 is 9.90 Å². The summed E-state index contributed by atoms with van der Waals surface area (Å²) in [6, 6.07) is 6.18. The van der Waals surface area contributed by atoms with E-state index in [0.29, 0.717) is 12.1 Å². The highest BCUT2D eigenvalue weighted by Gasteiger charge is 2.09. The highest BCUT2D eigenvalue weighted by Crippen LogP contribution is 2.09. The predicted molar refractivity (Wildman–Crippen MR) is 67.3 cm³/mol. The molecule has 0 fully saturated rings. The Balaban J connectivity index is 1.92. The van der Waals surface area contributed by atoms with Gasteiger partial charge >= 0.3 is 0 Å². The van der Waals surface area contributed by atoms with Crippen molar-refractivity contribution in [3.05, 3.63) is 48.5 Å². The summed E-state index contributed by atoms with van der Waals surface area (Å²) in [6.45, 7) is 2.60. The fourth-order valence-corrected chi connectivity index (χ4v) is 1.68. The summed E-state index contributed by atoms with van der Waals surface area (Å²) in [5, 5.41) is 12.0. The zero-order valence-electron chi connectivity index (χ0n) is 10.1. The molecule has 0 aliphatic rings. The molecule has 2 rings (SSSR count). The van der Waals surface area contributed by atoms with Crippen LogP contribution in [0.15, 0.2) is 43.0 Å². The van der Waals surface area contributed by atoms with Crippen molar-refractivity contribution >= 4 is 5.91 Å². The van der Waals surface area contributed by atoms with E-state index in [1.165, 1.54) is 12.1 Å². The van der Waals surface area contributed by atoms with Gasteiger partial charge in [-0.05, 0) is 31.2 Å². The molecule has 1 unspecified atom stereocenters. The molecule has 0 bridgehead atoms. The fraction of sp³-hybridized carbons (Fsp3) is 0.231. The second-order valence-electron chi connectivity index (χ2n) is 4.18. The molecule has 0 spiro atoms.